The number of amides is 1. The molecule has 0 saturated carbocycles. The molecule has 0 spiro atoms. The van der Waals surface area contributed by atoms with Gasteiger partial charge in [0.25, 0.3) is 0 Å². The van der Waals surface area contributed by atoms with Gasteiger partial charge in [-0.25, -0.2) is 0 Å². The van der Waals surface area contributed by atoms with Gasteiger partial charge in [0.15, 0.2) is 0 Å². The number of nitriles is 1. The average molecular weight is 269 g/mol. The van der Waals surface area contributed by atoms with Gasteiger partial charge in [0.1, 0.15) is 11.1 Å². The van der Waals surface area contributed by atoms with Crippen LogP contribution in [0.1, 0.15) is 19.4 Å². The average Bonchev–Trinajstić information content (AvgIpc) is 2.63. The molecule has 1 rings (SSSR count). The summed E-state index contributed by atoms with van der Waals surface area (Å²) in [7, 11) is 0. The molecular formula is C11H15N3OS2. The number of carbonyl (C=O) groups is 1. The van der Waals surface area contributed by atoms with Crippen molar-refractivity contribution in [3.05, 3.63) is 17.0 Å². The first-order chi connectivity index (χ1) is 7.92. The fourth-order valence-corrected chi connectivity index (χ4v) is 2.70. The topological polar surface area (TPSA) is 78.9 Å². The Labute approximate surface area is 109 Å². The van der Waals surface area contributed by atoms with Crippen molar-refractivity contribution in [3.8, 4) is 6.07 Å². The fraction of sp³-hybridized carbons (Fsp3) is 0.455. The molecule has 0 atom stereocenters. The molecule has 0 aliphatic heterocycles. The lowest BCUT2D eigenvalue weighted by molar-refractivity contribution is -0.113. The Hall–Kier alpha value is -1.03. The van der Waals surface area contributed by atoms with Crippen molar-refractivity contribution in [2.24, 2.45) is 5.73 Å². The molecule has 1 heterocycles. The Kier molecular flexibility index (Phi) is 5.00. The van der Waals surface area contributed by atoms with E-state index in [-0.39, 0.29) is 11.4 Å². The summed E-state index contributed by atoms with van der Waals surface area (Å²) >= 11 is 2.84. The van der Waals surface area contributed by atoms with Gasteiger partial charge in [-0.3, -0.25) is 4.79 Å². The number of carbonyl (C=O) groups excluding carboxylic acids is 1. The molecule has 1 aromatic heterocycles. The van der Waals surface area contributed by atoms with E-state index in [1.807, 2.05) is 19.9 Å². The Morgan fingerprint density at radius 3 is 3.00 bits per heavy atom. The third kappa shape index (κ3) is 5.22. The first-order valence-corrected chi connectivity index (χ1v) is 7.10. The normalized spacial score (nSPS) is 10.9. The summed E-state index contributed by atoms with van der Waals surface area (Å²) in [6.45, 7) is 3.84. The molecule has 1 amide bonds. The molecule has 0 saturated heterocycles. The molecule has 17 heavy (non-hydrogen) atoms. The van der Waals surface area contributed by atoms with Crippen LogP contribution in [0, 0.1) is 11.3 Å². The summed E-state index contributed by atoms with van der Waals surface area (Å²) < 4.78 is 0. The van der Waals surface area contributed by atoms with Gasteiger partial charge < -0.3 is 11.1 Å². The first kappa shape index (κ1) is 14.0. The quantitative estimate of drug-likeness (QED) is 0.857. The first-order valence-electron chi connectivity index (χ1n) is 5.06. The summed E-state index contributed by atoms with van der Waals surface area (Å²) in [5.74, 6) is 0.970. The molecule has 0 aliphatic rings. The van der Waals surface area contributed by atoms with Crippen LogP contribution < -0.4 is 11.1 Å². The number of rotatable bonds is 5. The molecule has 0 fully saturated rings. The van der Waals surface area contributed by atoms with Crippen molar-refractivity contribution in [2.45, 2.75) is 19.4 Å². The van der Waals surface area contributed by atoms with Crippen molar-refractivity contribution >= 4 is 34.0 Å². The fourth-order valence-electron chi connectivity index (χ4n) is 1.06. The molecule has 3 N–H and O–H groups in total. The monoisotopic (exact) mass is 269 g/mol. The SMILES string of the molecule is CC(C)(N)CSCC(=O)Nc1sccc1C#N. The maximum atomic E-state index is 11.6. The van der Waals surface area contributed by atoms with Crippen LogP contribution in [0.4, 0.5) is 5.00 Å². The van der Waals surface area contributed by atoms with E-state index in [4.69, 9.17) is 11.0 Å². The number of hydrogen-bond donors (Lipinski definition) is 2. The molecule has 0 radical (unpaired) electrons. The van der Waals surface area contributed by atoms with E-state index in [2.05, 4.69) is 5.32 Å². The Morgan fingerprint density at radius 2 is 2.41 bits per heavy atom. The van der Waals surface area contributed by atoms with Crippen molar-refractivity contribution in [3.63, 3.8) is 0 Å². The van der Waals surface area contributed by atoms with Gasteiger partial charge in [-0.1, -0.05) is 0 Å². The van der Waals surface area contributed by atoms with Crippen molar-refractivity contribution in [1.29, 1.82) is 5.26 Å². The zero-order chi connectivity index (χ0) is 12.9. The van der Waals surface area contributed by atoms with Gasteiger partial charge in [0.2, 0.25) is 5.91 Å². The highest BCUT2D eigenvalue weighted by Gasteiger charge is 2.13. The van der Waals surface area contributed by atoms with Gasteiger partial charge in [-0.2, -0.15) is 17.0 Å². The highest BCUT2D eigenvalue weighted by atomic mass is 32.2. The van der Waals surface area contributed by atoms with E-state index in [9.17, 15) is 4.79 Å². The van der Waals surface area contributed by atoms with Crippen LogP contribution in [-0.2, 0) is 4.79 Å². The third-order valence-corrected chi connectivity index (χ3v) is 3.99. The van der Waals surface area contributed by atoms with Crippen LogP contribution in [0.5, 0.6) is 0 Å². The number of nitrogens with zero attached hydrogens (tertiary/aromatic N) is 1. The van der Waals surface area contributed by atoms with Crippen LogP contribution in [0.2, 0.25) is 0 Å². The zero-order valence-corrected chi connectivity index (χ0v) is 11.5. The van der Waals surface area contributed by atoms with Crippen LogP contribution in [-0.4, -0.2) is 23.0 Å². The van der Waals surface area contributed by atoms with Crippen LogP contribution >= 0.6 is 23.1 Å². The molecule has 0 bridgehead atoms. The van der Waals surface area contributed by atoms with E-state index >= 15 is 0 Å². The Bertz CT molecular complexity index is 429. The van der Waals surface area contributed by atoms with Crippen LogP contribution in [0.25, 0.3) is 0 Å². The van der Waals surface area contributed by atoms with Crippen molar-refractivity contribution in [1.82, 2.24) is 0 Å². The number of hydrogen-bond acceptors (Lipinski definition) is 5. The number of nitrogens with one attached hydrogen (secondary N) is 1. The molecule has 4 nitrogen and oxygen atoms in total. The van der Waals surface area contributed by atoms with Gasteiger partial charge >= 0.3 is 0 Å². The Morgan fingerprint density at radius 1 is 1.71 bits per heavy atom. The second-order valence-corrected chi connectivity index (χ2v) is 6.21. The maximum Gasteiger partial charge on any atom is 0.235 e. The summed E-state index contributed by atoms with van der Waals surface area (Å²) in [6.07, 6.45) is 0. The molecule has 6 heteroatoms. The van der Waals surface area contributed by atoms with E-state index in [0.29, 0.717) is 16.3 Å². The van der Waals surface area contributed by atoms with Gasteiger partial charge in [-0.05, 0) is 25.3 Å². The lowest BCUT2D eigenvalue weighted by Crippen LogP contribution is -2.35. The largest absolute Gasteiger partial charge is 0.325 e. The molecule has 0 unspecified atom stereocenters. The standard InChI is InChI=1S/C11H15N3OS2/c1-11(2,13)7-16-6-9(15)14-10-8(5-12)3-4-17-10/h3-4H,6-7,13H2,1-2H3,(H,14,15). The maximum absolute atomic E-state index is 11.6. The second kappa shape index (κ2) is 6.05. The highest BCUT2D eigenvalue weighted by molar-refractivity contribution is 8.00. The summed E-state index contributed by atoms with van der Waals surface area (Å²) in [6, 6.07) is 3.72. The van der Waals surface area contributed by atoms with Crippen LogP contribution in [0.3, 0.4) is 0 Å². The zero-order valence-electron chi connectivity index (χ0n) is 9.82. The molecule has 1 aromatic rings. The predicted octanol–water partition coefficient (Wildman–Crippen LogP) is 2.03. The molecular weight excluding hydrogens is 254 g/mol. The van der Waals surface area contributed by atoms with Gasteiger partial charge in [0, 0.05) is 11.3 Å². The molecule has 0 aromatic carbocycles. The number of nitrogens with two attached hydrogens (primary N) is 1. The second-order valence-electron chi connectivity index (χ2n) is 4.30. The minimum absolute atomic E-state index is 0.0989. The third-order valence-electron chi connectivity index (χ3n) is 1.75. The summed E-state index contributed by atoms with van der Waals surface area (Å²) in [5, 5.41) is 13.9. The Balaban J connectivity index is 2.38. The van der Waals surface area contributed by atoms with E-state index in [0.717, 1.165) is 5.75 Å². The van der Waals surface area contributed by atoms with Gasteiger partial charge in [-0.15, -0.1) is 11.3 Å². The van der Waals surface area contributed by atoms with Crippen molar-refractivity contribution < 1.29 is 4.79 Å². The lowest BCUT2D eigenvalue weighted by Gasteiger charge is -2.17. The van der Waals surface area contributed by atoms with Gasteiger partial charge in [0.05, 0.1) is 11.3 Å². The number of anilines is 1. The molecule has 92 valence electrons. The van der Waals surface area contributed by atoms with Crippen LogP contribution in [0.15, 0.2) is 11.4 Å². The highest BCUT2D eigenvalue weighted by Crippen LogP contribution is 2.22. The smallest absolute Gasteiger partial charge is 0.235 e. The minimum Gasteiger partial charge on any atom is -0.325 e. The number of thioether (sulfide) groups is 1. The number of thiophene rings is 1. The van der Waals surface area contributed by atoms with Crippen molar-refractivity contribution in [2.75, 3.05) is 16.8 Å². The minimum atomic E-state index is -0.272. The van der Waals surface area contributed by atoms with E-state index < -0.39 is 0 Å². The lowest BCUT2D eigenvalue weighted by atomic mass is 10.1. The van der Waals surface area contributed by atoms with E-state index in [1.54, 1.807) is 11.4 Å². The molecule has 0 aliphatic carbocycles. The summed E-state index contributed by atoms with van der Waals surface area (Å²) in [4.78, 5) is 11.6. The van der Waals surface area contributed by atoms with E-state index in [1.165, 1.54) is 23.1 Å². The predicted molar refractivity (Wildman–Crippen MR) is 73.3 cm³/mol. The summed E-state index contributed by atoms with van der Waals surface area (Å²) in [5.41, 5.74) is 6.04.